The molecule has 112 valence electrons. The molecule has 0 saturated carbocycles. The van der Waals surface area contributed by atoms with Gasteiger partial charge in [0.2, 0.25) is 0 Å². The molecule has 4 nitrogen and oxygen atoms in total. The van der Waals surface area contributed by atoms with Gasteiger partial charge in [0, 0.05) is 11.5 Å². The third kappa shape index (κ3) is 4.41. The number of carboxylic acids is 1. The van der Waals surface area contributed by atoms with E-state index in [0.717, 1.165) is 26.8 Å². The number of carbonyl (C=O) groups is 1. The van der Waals surface area contributed by atoms with Crippen molar-refractivity contribution < 1.29 is 14.6 Å². The molecule has 0 aliphatic carbocycles. The maximum atomic E-state index is 11.1. The van der Waals surface area contributed by atoms with Gasteiger partial charge in [-0.25, -0.2) is 4.79 Å². The zero-order chi connectivity index (χ0) is 15.2. The third-order valence-corrected chi connectivity index (χ3v) is 5.79. The summed E-state index contributed by atoms with van der Waals surface area (Å²) in [5.74, 6) is 1.34. The summed E-state index contributed by atoms with van der Waals surface area (Å²) in [6.45, 7) is 0. The third-order valence-electron chi connectivity index (χ3n) is 2.75. The van der Waals surface area contributed by atoms with Gasteiger partial charge < -0.3 is 9.84 Å². The van der Waals surface area contributed by atoms with Gasteiger partial charge >= 0.3 is 5.97 Å². The molecule has 1 aromatic carbocycles. The number of carboxylic acid groups (broad SMARTS) is 1. The van der Waals surface area contributed by atoms with E-state index in [-0.39, 0.29) is 0 Å². The van der Waals surface area contributed by atoms with Crippen LogP contribution in [0.15, 0.2) is 34.5 Å². The molecule has 1 heterocycles. The number of thioether (sulfide) groups is 1. The van der Waals surface area contributed by atoms with Crippen LogP contribution in [-0.2, 0) is 11.5 Å². The molecule has 0 saturated heterocycles. The number of rotatable bonds is 7. The molecule has 0 amide bonds. The average molecular weight is 341 g/mol. The van der Waals surface area contributed by atoms with Crippen LogP contribution >= 0.6 is 35.0 Å². The summed E-state index contributed by atoms with van der Waals surface area (Å²) in [4.78, 5) is 11.4. The van der Waals surface area contributed by atoms with E-state index >= 15 is 0 Å². The van der Waals surface area contributed by atoms with Crippen molar-refractivity contribution in [2.75, 3.05) is 7.11 Å². The number of ether oxygens (including phenoxy) is 1. The molecule has 0 aliphatic rings. The minimum absolute atomic E-state index is 0.358. The Morgan fingerprint density at radius 1 is 1.33 bits per heavy atom. The summed E-state index contributed by atoms with van der Waals surface area (Å²) in [6, 6.07) is 9.57. The van der Waals surface area contributed by atoms with Crippen molar-refractivity contribution in [2.45, 2.75) is 15.7 Å². The van der Waals surface area contributed by atoms with Gasteiger partial charge in [0.25, 0.3) is 0 Å². The fraction of sp³-hybridized carbons (Fsp3) is 0.214. The molecule has 21 heavy (non-hydrogen) atoms. The molecule has 0 spiro atoms. The number of methoxy groups -OCH3 is 1. The van der Waals surface area contributed by atoms with Crippen LogP contribution in [0.3, 0.4) is 0 Å². The lowest BCUT2D eigenvalue weighted by atomic mass is 10.2. The molecule has 1 aromatic heterocycles. The maximum Gasteiger partial charge on any atom is 0.345 e. The van der Waals surface area contributed by atoms with Crippen LogP contribution in [0.25, 0.3) is 0 Å². The van der Waals surface area contributed by atoms with Gasteiger partial charge in [0.1, 0.15) is 10.6 Å². The molecule has 0 fully saturated rings. The first-order valence-corrected chi connectivity index (χ1v) is 8.92. The summed E-state index contributed by atoms with van der Waals surface area (Å²) in [7, 11) is 1.64. The highest BCUT2D eigenvalue weighted by atomic mass is 32.2. The molecule has 0 aliphatic heterocycles. The Balaban J connectivity index is 2.08. The van der Waals surface area contributed by atoms with Gasteiger partial charge in [-0.3, -0.25) is 5.14 Å². The Morgan fingerprint density at radius 3 is 2.62 bits per heavy atom. The average Bonchev–Trinajstić information content (AvgIpc) is 2.89. The Morgan fingerprint density at radius 2 is 2.05 bits per heavy atom. The first kappa shape index (κ1) is 16.2. The lowest BCUT2D eigenvalue weighted by Crippen LogP contribution is -1.90. The van der Waals surface area contributed by atoms with E-state index in [9.17, 15) is 4.79 Å². The molecule has 0 bridgehead atoms. The van der Waals surface area contributed by atoms with Crippen LogP contribution in [0.2, 0.25) is 0 Å². The highest BCUT2D eigenvalue weighted by Gasteiger charge is 2.14. The lowest BCUT2D eigenvalue weighted by Gasteiger charge is -2.04. The van der Waals surface area contributed by atoms with Crippen LogP contribution in [0.1, 0.15) is 20.8 Å². The van der Waals surface area contributed by atoms with Crippen molar-refractivity contribution in [1.82, 2.24) is 0 Å². The van der Waals surface area contributed by atoms with E-state index in [1.165, 1.54) is 23.3 Å². The highest BCUT2D eigenvalue weighted by Crippen LogP contribution is 2.35. The first-order valence-electron chi connectivity index (χ1n) is 6.07. The summed E-state index contributed by atoms with van der Waals surface area (Å²) in [5, 5.41) is 14.6. The van der Waals surface area contributed by atoms with E-state index in [4.69, 9.17) is 15.0 Å². The largest absolute Gasteiger partial charge is 0.497 e. The van der Waals surface area contributed by atoms with E-state index in [1.54, 1.807) is 24.9 Å². The first-order chi connectivity index (χ1) is 10.1. The van der Waals surface area contributed by atoms with E-state index in [1.807, 2.05) is 24.3 Å². The van der Waals surface area contributed by atoms with Crippen molar-refractivity contribution >= 4 is 41.0 Å². The van der Waals surface area contributed by atoms with Crippen LogP contribution in [0, 0.1) is 0 Å². The topological polar surface area (TPSA) is 72.5 Å². The van der Waals surface area contributed by atoms with Gasteiger partial charge in [-0.05, 0) is 29.3 Å². The normalized spacial score (nSPS) is 10.6. The Labute approximate surface area is 135 Å². The lowest BCUT2D eigenvalue weighted by molar-refractivity contribution is 0.0702. The highest BCUT2D eigenvalue weighted by molar-refractivity contribution is 8.00. The summed E-state index contributed by atoms with van der Waals surface area (Å²) < 4.78 is 6.14. The van der Waals surface area contributed by atoms with Crippen LogP contribution < -0.4 is 9.88 Å². The second-order valence-corrected chi connectivity index (χ2v) is 7.09. The van der Waals surface area contributed by atoms with Crippen molar-refractivity contribution in [2.24, 2.45) is 5.14 Å². The monoisotopic (exact) mass is 341 g/mol. The molecule has 7 heteroatoms. The molecule has 0 unspecified atom stereocenters. The number of aromatic carboxylic acids is 1. The number of hydrogen-bond acceptors (Lipinski definition) is 6. The Bertz CT molecular complexity index is 610. The zero-order valence-electron chi connectivity index (χ0n) is 11.4. The van der Waals surface area contributed by atoms with Crippen molar-refractivity contribution in [3.05, 3.63) is 46.3 Å². The van der Waals surface area contributed by atoms with Crippen LogP contribution in [-0.4, -0.2) is 18.2 Å². The summed E-state index contributed by atoms with van der Waals surface area (Å²) in [5.41, 5.74) is 2.15. The van der Waals surface area contributed by atoms with Crippen LogP contribution in [0.5, 0.6) is 5.75 Å². The van der Waals surface area contributed by atoms with Crippen molar-refractivity contribution in [3.8, 4) is 5.75 Å². The smallest absolute Gasteiger partial charge is 0.345 e. The summed E-state index contributed by atoms with van der Waals surface area (Å²) in [6.07, 6.45) is 0. The summed E-state index contributed by atoms with van der Waals surface area (Å²) >= 11 is 4.15. The second kappa shape index (κ2) is 7.74. The SMILES string of the molecule is COc1ccc(CSc2sc(C(=O)O)cc2CSN)cc1. The predicted octanol–water partition coefficient (Wildman–Crippen LogP) is 3.85. The number of nitrogens with two attached hydrogens (primary N) is 1. The minimum atomic E-state index is -0.889. The quantitative estimate of drug-likeness (QED) is 0.588. The molecular formula is C14H15NO3S3. The van der Waals surface area contributed by atoms with Crippen LogP contribution in [0.4, 0.5) is 0 Å². The number of hydrogen-bond donors (Lipinski definition) is 2. The molecule has 2 aromatic rings. The minimum Gasteiger partial charge on any atom is -0.497 e. The van der Waals surface area contributed by atoms with Gasteiger partial charge in [0.15, 0.2) is 0 Å². The molecule has 2 rings (SSSR count). The maximum absolute atomic E-state index is 11.1. The standard InChI is InChI=1S/C14H15NO3S3/c1-18-11-4-2-9(3-5-11)7-19-14-10(8-20-15)6-12(21-14)13(16)17/h2-6H,7-8,15H2,1H3,(H,16,17). The number of thiophene rings is 1. The predicted molar refractivity (Wildman–Crippen MR) is 89.3 cm³/mol. The molecule has 0 radical (unpaired) electrons. The van der Waals surface area contributed by atoms with E-state index in [2.05, 4.69) is 0 Å². The molecule has 0 atom stereocenters. The van der Waals surface area contributed by atoms with Gasteiger partial charge in [-0.2, -0.15) is 0 Å². The van der Waals surface area contributed by atoms with Gasteiger partial charge in [-0.15, -0.1) is 23.1 Å². The fourth-order valence-corrected chi connectivity index (χ4v) is 4.53. The Kier molecular flexibility index (Phi) is 5.98. The Hall–Kier alpha value is -1.15. The van der Waals surface area contributed by atoms with E-state index < -0.39 is 5.97 Å². The number of benzene rings is 1. The van der Waals surface area contributed by atoms with Crippen molar-refractivity contribution in [1.29, 1.82) is 0 Å². The molecule has 3 N–H and O–H groups in total. The van der Waals surface area contributed by atoms with Crippen molar-refractivity contribution in [3.63, 3.8) is 0 Å². The van der Waals surface area contributed by atoms with Gasteiger partial charge in [-0.1, -0.05) is 24.1 Å². The molecular weight excluding hydrogens is 326 g/mol. The van der Waals surface area contributed by atoms with E-state index in [0.29, 0.717) is 10.6 Å². The fourth-order valence-electron chi connectivity index (χ4n) is 1.70. The van der Waals surface area contributed by atoms with Gasteiger partial charge in [0.05, 0.1) is 11.3 Å². The second-order valence-electron chi connectivity index (χ2n) is 4.18. The zero-order valence-corrected chi connectivity index (χ0v) is 13.8.